The Morgan fingerprint density at radius 1 is 1.79 bits per heavy atom. The minimum absolute atomic E-state index is 0.0910. The van der Waals surface area contributed by atoms with Crippen LogP contribution in [0.4, 0.5) is 0 Å². The number of amides is 1. The number of hydrogen-bond donors (Lipinski definition) is 3. The van der Waals surface area contributed by atoms with Crippen LogP contribution in [0.3, 0.4) is 0 Å². The maximum absolute atomic E-state index is 11.4. The number of nitrogens with one attached hydrogen (secondary N) is 1. The topological polar surface area (TPSA) is 92.4 Å². The molecule has 0 bridgehead atoms. The van der Waals surface area contributed by atoms with Gasteiger partial charge in [0.05, 0.1) is 0 Å². The Morgan fingerprint density at radius 2 is 2.36 bits per heavy atom. The molecular formula is C9H16N2O3. The summed E-state index contributed by atoms with van der Waals surface area (Å²) in [6.45, 7) is 3.83. The number of rotatable bonds is 3. The highest BCUT2D eigenvalue weighted by atomic mass is 16.4. The van der Waals surface area contributed by atoms with Crippen LogP contribution in [0, 0.1) is 5.92 Å². The fraction of sp³-hybridized carbons (Fsp3) is 0.778. The zero-order valence-electron chi connectivity index (χ0n) is 8.41. The highest BCUT2D eigenvalue weighted by Crippen LogP contribution is 2.27. The van der Waals surface area contributed by atoms with Gasteiger partial charge in [-0.25, -0.2) is 0 Å². The molecule has 1 aliphatic heterocycles. The molecule has 0 aromatic carbocycles. The largest absolute Gasteiger partial charge is 0.480 e. The third kappa shape index (κ3) is 2.45. The van der Waals surface area contributed by atoms with Gasteiger partial charge in [-0.15, -0.1) is 0 Å². The van der Waals surface area contributed by atoms with E-state index in [1.54, 1.807) is 0 Å². The highest BCUT2D eigenvalue weighted by molar-refractivity contribution is 5.83. The van der Waals surface area contributed by atoms with E-state index < -0.39 is 12.0 Å². The van der Waals surface area contributed by atoms with Crippen molar-refractivity contribution in [1.82, 2.24) is 5.32 Å². The van der Waals surface area contributed by atoms with E-state index in [1.807, 2.05) is 13.8 Å². The number of hydrogen-bond acceptors (Lipinski definition) is 3. The molecule has 0 aliphatic carbocycles. The molecule has 80 valence electrons. The molecule has 1 saturated heterocycles. The van der Waals surface area contributed by atoms with Crippen LogP contribution in [0.5, 0.6) is 0 Å². The van der Waals surface area contributed by atoms with E-state index in [1.165, 1.54) is 0 Å². The van der Waals surface area contributed by atoms with Crippen LogP contribution in [-0.4, -0.2) is 28.6 Å². The van der Waals surface area contributed by atoms with Crippen molar-refractivity contribution in [3.63, 3.8) is 0 Å². The molecule has 0 saturated carbocycles. The highest BCUT2D eigenvalue weighted by Gasteiger charge is 2.38. The van der Waals surface area contributed by atoms with Crippen LogP contribution >= 0.6 is 0 Å². The molecule has 0 aromatic heterocycles. The summed E-state index contributed by atoms with van der Waals surface area (Å²) >= 11 is 0. The third-order valence-electron chi connectivity index (χ3n) is 2.44. The lowest BCUT2D eigenvalue weighted by molar-refractivity contribution is -0.139. The smallest absolute Gasteiger partial charge is 0.320 e. The molecule has 1 amide bonds. The van der Waals surface area contributed by atoms with Crippen molar-refractivity contribution in [2.45, 2.75) is 38.3 Å². The maximum Gasteiger partial charge on any atom is 0.320 e. The summed E-state index contributed by atoms with van der Waals surface area (Å²) in [6.07, 6.45) is 0.859. The predicted octanol–water partition coefficient (Wildman–Crippen LogP) is -0.297. The molecule has 0 radical (unpaired) electrons. The Labute approximate surface area is 82.7 Å². The van der Waals surface area contributed by atoms with Gasteiger partial charge in [0.25, 0.3) is 0 Å². The Morgan fingerprint density at radius 3 is 2.71 bits per heavy atom. The van der Waals surface area contributed by atoms with Crippen molar-refractivity contribution in [1.29, 1.82) is 0 Å². The van der Waals surface area contributed by atoms with Gasteiger partial charge in [-0.1, -0.05) is 0 Å². The number of carboxylic acid groups (broad SMARTS) is 1. The monoisotopic (exact) mass is 200 g/mol. The zero-order chi connectivity index (χ0) is 10.9. The SMILES string of the molecule is CC1(C)CC(CC(N)C(=O)O)C(=O)N1. The molecule has 4 N–H and O–H groups in total. The van der Waals surface area contributed by atoms with Gasteiger partial charge in [0.15, 0.2) is 0 Å². The molecule has 1 aliphatic rings. The van der Waals surface area contributed by atoms with Crippen molar-refractivity contribution in [3.8, 4) is 0 Å². The van der Waals surface area contributed by atoms with Crippen molar-refractivity contribution in [2.24, 2.45) is 11.7 Å². The summed E-state index contributed by atoms with van der Waals surface area (Å²) in [7, 11) is 0. The Kier molecular flexibility index (Phi) is 2.80. The van der Waals surface area contributed by atoms with Gasteiger partial charge in [0.2, 0.25) is 5.91 Å². The summed E-state index contributed by atoms with van der Waals surface area (Å²) < 4.78 is 0. The summed E-state index contributed by atoms with van der Waals surface area (Å²) in [5.74, 6) is -1.41. The van der Waals surface area contributed by atoms with Gasteiger partial charge in [-0.2, -0.15) is 0 Å². The summed E-state index contributed by atoms with van der Waals surface area (Å²) in [5.41, 5.74) is 5.13. The fourth-order valence-corrected chi connectivity index (χ4v) is 1.79. The quantitative estimate of drug-likeness (QED) is 0.583. The van der Waals surface area contributed by atoms with E-state index in [0.29, 0.717) is 6.42 Å². The van der Waals surface area contributed by atoms with Crippen LogP contribution in [0.15, 0.2) is 0 Å². The zero-order valence-corrected chi connectivity index (χ0v) is 8.41. The Bertz CT molecular complexity index is 263. The molecule has 1 heterocycles. The van der Waals surface area contributed by atoms with E-state index in [9.17, 15) is 9.59 Å². The first-order valence-electron chi connectivity index (χ1n) is 4.62. The molecule has 1 rings (SSSR count). The van der Waals surface area contributed by atoms with Crippen LogP contribution in [0.2, 0.25) is 0 Å². The second-order valence-electron chi connectivity index (χ2n) is 4.45. The second-order valence-corrected chi connectivity index (χ2v) is 4.45. The molecule has 5 nitrogen and oxygen atoms in total. The van der Waals surface area contributed by atoms with Crippen molar-refractivity contribution >= 4 is 11.9 Å². The first-order valence-corrected chi connectivity index (χ1v) is 4.62. The summed E-state index contributed by atoms with van der Waals surface area (Å²) in [6, 6.07) is -0.945. The molecule has 1 fully saturated rings. The van der Waals surface area contributed by atoms with E-state index in [-0.39, 0.29) is 23.8 Å². The average Bonchev–Trinajstić information content (AvgIpc) is 2.24. The number of nitrogens with two attached hydrogens (primary N) is 1. The molecule has 14 heavy (non-hydrogen) atoms. The van der Waals surface area contributed by atoms with Crippen LogP contribution in [0.1, 0.15) is 26.7 Å². The minimum atomic E-state index is -1.05. The van der Waals surface area contributed by atoms with E-state index >= 15 is 0 Å². The van der Waals surface area contributed by atoms with Gasteiger partial charge in [0, 0.05) is 11.5 Å². The van der Waals surface area contributed by atoms with E-state index in [0.717, 1.165) is 0 Å². The Hall–Kier alpha value is -1.10. The standard InChI is InChI=1S/C9H16N2O3/c1-9(2)4-5(7(12)11-9)3-6(10)8(13)14/h5-6H,3-4,10H2,1-2H3,(H,11,12)(H,13,14). The third-order valence-corrected chi connectivity index (χ3v) is 2.44. The van der Waals surface area contributed by atoms with Crippen LogP contribution < -0.4 is 11.1 Å². The molecule has 0 aromatic rings. The molecule has 5 heteroatoms. The second kappa shape index (κ2) is 3.57. The maximum atomic E-state index is 11.4. The predicted molar refractivity (Wildman–Crippen MR) is 50.6 cm³/mol. The van der Waals surface area contributed by atoms with Gasteiger partial charge >= 0.3 is 5.97 Å². The van der Waals surface area contributed by atoms with Crippen LogP contribution in [-0.2, 0) is 9.59 Å². The van der Waals surface area contributed by atoms with E-state index in [4.69, 9.17) is 10.8 Å². The van der Waals surface area contributed by atoms with Gasteiger partial charge < -0.3 is 16.2 Å². The fourth-order valence-electron chi connectivity index (χ4n) is 1.79. The lowest BCUT2D eigenvalue weighted by Crippen LogP contribution is -2.36. The normalized spacial score (nSPS) is 27.1. The lowest BCUT2D eigenvalue weighted by atomic mass is 9.92. The van der Waals surface area contributed by atoms with Crippen LogP contribution in [0.25, 0.3) is 0 Å². The van der Waals surface area contributed by atoms with Gasteiger partial charge in [-0.3, -0.25) is 9.59 Å². The number of aliphatic carboxylic acids is 1. The summed E-state index contributed by atoms with van der Waals surface area (Å²) in [5, 5.41) is 11.4. The number of carboxylic acids is 1. The average molecular weight is 200 g/mol. The minimum Gasteiger partial charge on any atom is -0.480 e. The molecule has 0 spiro atoms. The molecule has 2 atom stereocenters. The van der Waals surface area contributed by atoms with Crippen molar-refractivity contribution in [2.75, 3.05) is 0 Å². The molecule has 2 unspecified atom stereocenters. The van der Waals surface area contributed by atoms with E-state index in [2.05, 4.69) is 5.32 Å². The first kappa shape index (κ1) is 11.0. The molecular weight excluding hydrogens is 184 g/mol. The van der Waals surface area contributed by atoms with Crippen molar-refractivity contribution in [3.05, 3.63) is 0 Å². The number of carbonyl (C=O) groups is 2. The van der Waals surface area contributed by atoms with Gasteiger partial charge in [-0.05, 0) is 26.7 Å². The number of carbonyl (C=O) groups excluding carboxylic acids is 1. The first-order chi connectivity index (χ1) is 6.32. The Balaban J connectivity index is 2.55. The summed E-state index contributed by atoms with van der Waals surface area (Å²) in [4.78, 5) is 21.9. The lowest BCUT2D eigenvalue weighted by Gasteiger charge is -2.16. The van der Waals surface area contributed by atoms with Gasteiger partial charge in [0.1, 0.15) is 6.04 Å². The van der Waals surface area contributed by atoms with Crippen molar-refractivity contribution < 1.29 is 14.7 Å².